The van der Waals surface area contributed by atoms with Crippen LogP contribution in [0.2, 0.25) is 0 Å². The van der Waals surface area contributed by atoms with E-state index in [9.17, 15) is 26.7 Å². The summed E-state index contributed by atoms with van der Waals surface area (Å²) in [6.45, 7) is 3.37. The molecule has 0 aliphatic carbocycles. The third-order valence-electron chi connectivity index (χ3n) is 2.30. The zero-order valence-electron chi connectivity index (χ0n) is 11.5. The lowest BCUT2D eigenvalue weighted by atomic mass is 10.2. The van der Waals surface area contributed by atoms with Crippen LogP contribution in [0.25, 0.3) is 0 Å². The molecule has 1 rings (SSSR count). The smallest absolute Gasteiger partial charge is 0.332 e. The van der Waals surface area contributed by atoms with Crippen LogP contribution in [0.4, 0.5) is 22.0 Å². The highest BCUT2D eigenvalue weighted by Gasteiger charge is 2.26. The summed E-state index contributed by atoms with van der Waals surface area (Å²) in [5.41, 5.74) is -1.86. The van der Waals surface area contributed by atoms with Crippen molar-refractivity contribution in [3.63, 3.8) is 0 Å². The van der Waals surface area contributed by atoms with E-state index in [0.29, 0.717) is 0 Å². The second-order valence-electron chi connectivity index (χ2n) is 5.11. The van der Waals surface area contributed by atoms with E-state index in [1.54, 1.807) is 20.8 Å². The van der Waals surface area contributed by atoms with Gasteiger partial charge in [0.25, 0.3) is 0 Å². The number of halogens is 5. The van der Waals surface area contributed by atoms with Crippen molar-refractivity contribution in [2.75, 3.05) is 6.61 Å². The number of hydrogen-bond donors (Lipinski definition) is 0. The summed E-state index contributed by atoms with van der Waals surface area (Å²) in [4.78, 5) is 11.3. The van der Waals surface area contributed by atoms with Crippen LogP contribution >= 0.6 is 0 Å². The zero-order chi connectivity index (χ0) is 16.4. The van der Waals surface area contributed by atoms with Crippen molar-refractivity contribution >= 4 is 5.97 Å². The van der Waals surface area contributed by atoms with E-state index in [0.717, 1.165) is 0 Å². The highest BCUT2D eigenvalue weighted by atomic mass is 19.2. The number of esters is 1. The Balaban J connectivity index is 2.79. The van der Waals surface area contributed by atoms with Crippen molar-refractivity contribution in [3.05, 3.63) is 34.6 Å². The first-order valence-corrected chi connectivity index (χ1v) is 5.84. The Morgan fingerprint density at radius 3 is 1.76 bits per heavy atom. The van der Waals surface area contributed by atoms with Gasteiger partial charge in [0, 0.05) is 0 Å². The summed E-state index contributed by atoms with van der Waals surface area (Å²) in [7, 11) is 0. The number of carbonyl (C=O) groups excluding carboxylic acids is 1. The van der Waals surface area contributed by atoms with Gasteiger partial charge < -0.3 is 9.47 Å². The van der Waals surface area contributed by atoms with Crippen molar-refractivity contribution in [1.82, 2.24) is 0 Å². The molecule has 0 spiro atoms. The number of ether oxygens (including phenoxy) is 2. The molecule has 3 nitrogen and oxygen atoms in total. The highest BCUT2D eigenvalue weighted by molar-refractivity contribution is 5.70. The monoisotopic (exact) mass is 312 g/mol. The molecule has 0 aliphatic rings. The van der Waals surface area contributed by atoms with Gasteiger partial charge in [-0.25, -0.2) is 26.7 Å². The van der Waals surface area contributed by atoms with Crippen molar-refractivity contribution in [3.8, 4) is 0 Å². The molecular weight excluding hydrogens is 299 g/mol. The topological polar surface area (TPSA) is 35.5 Å². The predicted octanol–water partition coefficient (Wildman–Crippen LogP) is 3.24. The fraction of sp³-hybridized carbons (Fsp3) is 0.462. The Bertz CT molecular complexity index is 523. The van der Waals surface area contributed by atoms with Crippen LogP contribution in [0, 0.1) is 29.1 Å². The van der Waals surface area contributed by atoms with Gasteiger partial charge >= 0.3 is 5.97 Å². The molecule has 0 saturated carbocycles. The van der Waals surface area contributed by atoms with Crippen LogP contribution in [0.5, 0.6) is 0 Å². The summed E-state index contributed by atoms with van der Waals surface area (Å²) < 4.78 is 74.6. The van der Waals surface area contributed by atoms with Gasteiger partial charge in [0.2, 0.25) is 5.82 Å². The van der Waals surface area contributed by atoms with Crippen molar-refractivity contribution < 1.29 is 36.2 Å². The summed E-state index contributed by atoms with van der Waals surface area (Å²) in [5, 5.41) is 0. The molecular formula is C13H13F5O3. The van der Waals surface area contributed by atoms with Gasteiger partial charge in [-0.15, -0.1) is 0 Å². The normalized spacial score (nSPS) is 11.6. The van der Waals surface area contributed by atoms with E-state index < -0.39 is 59.4 Å². The summed E-state index contributed by atoms with van der Waals surface area (Å²) >= 11 is 0. The van der Waals surface area contributed by atoms with Crippen molar-refractivity contribution in [1.29, 1.82) is 0 Å². The van der Waals surface area contributed by atoms with Gasteiger partial charge in [-0.1, -0.05) is 0 Å². The number of rotatable bonds is 4. The van der Waals surface area contributed by atoms with Crippen LogP contribution in [0.3, 0.4) is 0 Å². The minimum absolute atomic E-state index is 0.515. The van der Waals surface area contributed by atoms with Crippen LogP contribution < -0.4 is 0 Å². The van der Waals surface area contributed by atoms with Crippen LogP contribution in [-0.4, -0.2) is 18.2 Å². The summed E-state index contributed by atoms with van der Waals surface area (Å²) in [6.07, 6.45) is 0. The first-order valence-electron chi connectivity index (χ1n) is 5.84. The van der Waals surface area contributed by atoms with Crippen molar-refractivity contribution in [2.45, 2.75) is 33.0 Å². The SMILES string of the molecule is CC(C)(C)OCC(=O)OCc1c(F)c(F)c(F)c(F)c1F. The quantitative estimate of drug-likeness (QED) is 0.370. The molecule has 0 aliphatic heterocycles. The molecule has 0 heterocycles. The van der Waals surface area contributed by atoms with E-state index in [4.69, 9.17) is 4.74 Å². The Hall–Kier alpha value is -1.70. The zero-order valence-corrected chi connectivity index (χ0v) is 11.5. The number of benzene rings is 1. The van der Waals surface area contributed by atoms with E-state index >= 15 is 0 Å². The first kappa shape index (κ1) is 17.4. The van der Waals surface area contributed by atoms with Gasteiger partial charge in [0.15, 0.2) is 23.3 Å². The lowest BCUT2D eigenvalue weighted by Gasteiger charge is -2.18. The Morgan fingerprint density at radius 2 is 1.33 bits per heavy atom. The van der Waals surface area contributed by atoms with Gasteiger partial charge in [-0.2, -0.15) is 0 Å². The molecule has 0 fully saturated rings. The maximum absolute atomic E-state index is 13.3. The molecule has 1 aromatic carbocycles. The molecule has 0 saturated heterocycles. The van der Waals surface area contributed by atoms with E-state index in [-0.39, 0.29) is 0 Å². The molecule has 0 aromatic heterocycles. The number of hydrogen-bond acceptors (Lipinski definition) is 3. The van der Waals surface area contributed by atoms with Crippen LogP contribution in [0.15, 0.2) is 0 Å². The molecule has 0 N–H and O–H groups in total. The molecule has 0 bridgehead atoms. The van der Waals surface area contributed by atoms with Gasteiger partial charge in [-0.05, 0) is 20.8 Å². The molecule has 1 aromatic rings. The maximum atomic E-state index is 13.3. The molecule has 0 radical (unpaired) electrons. The molecule has 21 heavy (non-hydrogen) atoms. The predicted molar refractivity (Wildman–Crippen MR) is 61.7 cm³/mol. The fourth-order valence-electron chi connectivity index (χ4n) is 1.25. The summed E-state index contributed by atoms with van der Waals surface area (Å²) in [6, 6.07) is 0. The third-order valence-corrected chi connectivity index (χ3v) is 2.30. The minimum Gasteiger partial charge on any atom is -0.459 e. The lowest BCUT2D eigenvalue weighted by Crippen LogP contribution is -2.25. The maximum Gasteiger partial charge on any atom is 0.332 e. The van der Waals surface area contributed by atoms with Crippen LogP contribution in [-0.2, 0) is 20.9 Å². The number of carbonyl (C=O) groups is 1. The Kier molecular flexibility index (Phi) is 5.27. The molecule has 8 heteroatoms. The fourth-order valence-corrected chi connectivity index (χ4v) is 1.25. The lowest BCUT2D eigenvalue weighted by molar-refractivity contribution is -0.155. The van der Waals surface area contributed by atoms with Crippen molar-refractivity contribution in [2.24, 2.45) is 0 Å². The van der Waals surface area contributed by atoms with E-state index in [1.807, 2.05) is 0 Å². The average molecular weight is 312 g/mol. The van der Waals surface area contributed by atoms with E-state index in [1.165, 1.54) is 0 Å². The van der Waals surface area contributed by atoms with Gasteiger partial charge in [0.05, 0.1) is 11.2 Å². The van der Waals surface area contributed by atoms with Crippen LogP contribution in [0.1, 0.15) is 26.3 Å². The van der Waals surface area contributed by atoms with Gasteiger partial charge in [0.1, 0.15) is 13.2 Å². The Labute approximate surface area is 117 Å². The van der Waals surface area contributed by atoms with Gasteiger partial charge in [-0.3, -0.25) is 0 Å². The standard InChI is InChI=1S/C13H13F5O3/c1-13(2,3)21-5-7(19)20-4-6-8(14)10(16)12(18)11(17)9(6)15/h4-5H2,1-3H3. The highest BCUT2D eigenvalue weighted by Crippen LogP contribution is 2.23. The molecule has 0 amide bonds. The summed E-state index contributed by atoms with van der Waals surface area (Å²) in [5.74, 6) is -11.5. The second-order valence-corrected chi connectivity index (χ2v) is 5.11. The second kappa shape index (κ2) is 6.38. The average Bonchev–Trinajstić information content (AvgIpc) is 2.40. The largest absolute Gasteiger partial charge is 0.459 e. The first-order chi connectivity index (χ1) is 9.54. The van der Waals surface area contributed by atoms with E-state index in [2.05, 4.69) is 4.74 Å². The molecule has 0 unspecified atom stereocenters. The third kappa shape index (κ3) is 4.38. The Morgan fingerprint density at radius 1 is 0.905 bits per heavy atom. The molecule has 118 valence electrons. The minimum atomic E-state index is -2.27. The molecule has 0 atom stereocenters.